The smallest absolute Gasteiger partial charge is 0.181 e. The largest absolute Gasteiger partial charge is 0.470 e. The molecule has 2 N–H and O–H groups in total. The summed E-state index contributed by atoms with van der Waals surface area (Å²) >= 11 is 6.06. The number of aryl methyl sites for hydroxylation is 2. The average Bonchev–Trinajstić information content (AvgIpc) is 2.58. The minimum atomic E-state index is 0.299. The van der Waals surface area contributed by atoms with Gasteiger partial charge in [-0.05, 0) is 38.5 Å². The second kappa shape index (κ2) is 4.90. The molecule has 0 spiro atoms. The second-order valence-corrected chi connectivity index (χ2v) is 4.70. The van der Waals surface area contributed by atoms with Crippen LogP contribution in [-0.4, -0.2) is 9.78 Å². The molecule has 0 fully saturated rings. The lowest BCUT2D eigenvalue weighted by Gasteiger charge is -2.10. The first kappa shape index (κ1) is 12.8. The van der Waals surface area contributed by atoms with Crippen molar-refractivity contribution < 1.29 is 4.74 Å². The highest BCUT2D eigenvalue weighted by Crippen LogP contribution is 2.26. The molecule has 0 amide bonds. The normalized spacial score (nSPS) is 10.7. The summed E-state index contributed by atoms with van der Waals surface area (Å²) in [4.78, 5) is 0. The van der Waals surface area contributed by atoms with E-state index in [0.29, 0.717) is 23.2 Å². The Morgan fingerprint density at radius 2 is 2.06 bits per heavy atom. The van der Waals surface area contributed by atoms with Gasteiger partial charge in [-0.25, -0.2) is 4.68 Å². The van der Waals surface area contributed by atoms with E-state index in [1.54, 1.807) is 4.68 Å². The Bertz CT molecular complexity index is 578. The standard InChI is InChI=1S/C13H16ClN3O/c1-8-4-5-11(14)12(6-8)18-7-17-10(3)13(15)9(2)16-17/h4-6H,7,15H2,1-3H3. The summed E-state index contributed by atoms with van der Waals surface area (Å²) in [5, 5.41) is 4.89. The Labute approximate surface area is 111 Å². The number of nitrogens with zero attached hydrogens (tertiary/aromatic N) is 2. The van der Waals surface area contributed by atoms with Crippen LogP contribution in [-0.2, 0) is 6.73 Å². The van der Waals surface area contributed by atoms with Crippen LogP contribution in [0.25, 0.3) is 0 Å². The van der Waals surface area contributed by atoms with Gasteiger partial charge in [0.25, 0.3) is 0 Å². The van der Waals surface area contributed by atoms with E-state index in [2.05, 4.69) is 5.10 Å². The molecule has 0 unspecified atom stereocenters. The SMILES string of the molecule is Cc1ccc(Cl)c(OCn2nc(C)c(N)c2C)c1. The Morgan fingerprint density at radius 3 is 2.67 bits per heavy atom. The summed E-state index contributed by atoms with van der Waals surface area (Å²) in [6, 6.07) is 5.66. The van der Waals surface area contributed by atoms with Gasteiger partial charge in [-0.15, -0.1) is 0 Å². The first-order chi connectivity index (χ1) is 8.49. The molecule has 2 rings (SSSR count). The molecule has 0 saturated heterocycles. The van der Waals surface area contributed by atoms with Crippen molar-refractivity contribution in [2.24, 2.45) is 0 Å². The maximum absolute atomic E-state index is 6.06. The molecule has 1 heterocycles. The molecule has 96 valence electrons. The van der Waals surface area contributed by atoms with Gasteiger partial charge in [0.15, 0.2) is 6.73 Å². The maximum Gasteiger partial charge on any atom is 0.181 e. The maximum atomic E-state index is 6.06. The van der Waals surface area contributed by atoms with Gasteiger partial charge in [0.05, 0.1) is 22.1 Å². The van der Waals surface area contributed by atoms with E-state index in [1.807, 2.05) is 39.0 Å². The molecule has 0 radical (unpaired) electrons. The lowest BCUT2D eigenvalue weighted by Crippen LogP contribution is -2.09. The van der Waals surface area contributed by atoms with E-state index in [1.165, 1.54) is 0 Å². The summed E-state index contributed by atoms with van der Waals surface area (Å²) < 4.78 is 7.39. The summed E-state index contributed by atoms with van der Waals surface area (Å²) in [6.45, 7) is 6.08. The van der Waals surface area contributed by atoms with Gasteiger partial charge < -0.3 is 10.5 Å². The topological polar surface area (TPSA) is 53.1 Å². The van der Waals surface area contributed by atoms with E-state index >= 15 is 0 Å². The molecule has 0 aliphatic carbocycles. The van der Waals surface area contributed by atoms with Crippen molar-refractivity contribution in [2.45, 2.75) is 27.5 Å². The van der Waals surface area contributed by atoms with Crippen LogP contribution in [0.4, 0.5) is 5.69 Å². The Kier molecular flexibility index (Phi) is 3.48. The fourth-order valence-electron chi connectivity index (χ4n) is 1.69. The number of aromatic nitrogens is 2. The number of nitrogen functional groups attached to an aromatic ring is 1. The summed E-state index contributed by atoms with van der Waals surface area (Å²) in [5.74, 6) is 0.655. The van der Waals surface area contributed by atoms with E-state index in [0.717, 1.165) is 17.0 Å². The zero-order chi connectivity index (χ0) is 13.3. The van der Waals surface area contributed by atoms with Crippen molar-refractivity contribution >= 4 is 17.3 Å². The van der Waals surface area contributed by atoms with Crippen LogP contribution >= 0.6 is 11.6 Å². The predicted octanol–water partition coefficient (Wildman–Crippen LogP) is 3.08. The molecule has 1 aromatic heterocycles. The minimum absolute atomic E-state index is 0.299. The number of nitrogens with two attached hydrogens (primary N) is 1. The summed E-state index contributed by atoms with van der Waals surface area (Å²) in [6.07, 6.45) is 0. The molecule has 0 atom stereocenters. The van der Waals surface area contributed by atoms with Crippen LogP contribution in [0.5, 0.6) is 5.75 Å². The van der Waals surface area contributed by atoms with Gasteiger partial charge >= 0.3 is 0 Å². The Balaban J connectivity index is 2.16. The van der Waals surface area contributed by atoms with E-state index in [9.17, 15) is 0 Å². The number of ether oxygens (including phenoxy) is 1. The highest BCUT2D eigenvalue weighted by molar-refractivity contribution is 6.32. The number of halogens is 1. The molecule has 1 aromatic carbocycles. The van der Waals surface area contributed by atoms with Crippen LogP contribution in [0.3, 0.4) is 0 Å². The Morgan fingerprint density at radius 1 is 1.33 bits per heavy atom. The van der Waals surface area contributed by atoms with Crippen molar-refractivity contribution in [3.05, 3.63) is 40.2 Å². The number of hydrogen-bond acceptors (Lipinski definition) is 3. The first-order valence-electron chi connectivity index (χ1n) is 5.67. The van der Waals surface area contributed by atoms with Gasteiger partial charge in [0, 0.05) is 0 Å². The van der Waals surface area contributed by atoms with Crippen molar-refractivity contribution in [2.75, 3.05) is 5.73 Å². The van der Waals surface area contributed by atoms with Crippen molar-refractivity contribution in [1.82, 2.24) is 9.78 Å². The van der Waals surface area contributed by atoms with Crippen molar-refractivity contribution in [3.8, 4) is 5.75 Å². The van der Waals surface area contributed by atoms with Gasteiger partial charge in [0.1, 0.15) is 5.75 Å². The van der Waals surface area contributed by atoms with Crippen LogP contribution in [0, 0.1) is 20.8 Å². The van der Waals surface area contributed by atoms with Crippen LogP contribution < -0.4 is 10.5 Å². The molecular weight excluding hydrogens is 250 g/mol. The lowest BCUT2D eigenvalue weighted by atomic mass is 10.2. The second-order valence-electron chi connectivity index (χ2n) is 4.29. The molecule has 2 aromatic rings. The molecule has 0 aliphatic rings. The van der Waals surface area contributed by atoms with E-state index in [-0.39, 0.29) is 0 Å². The molecule has 0 saturated carbocycles. The van der Waals surface area contributed by atoms with E-state index < -0.39 is 0 Å². The lowest BCUT2D eigenvalue weighted by molar-refractivity contribution is 0.218. The third-order valence-electron chi connectivity index (χ3n) is 2.87. The van der Waals surface area contributed by atoms with Crippen molar-refractivity contribution in [1.29, 1.82) is 0 Å². The molecule has 18 heavy (non-hydrogen) atoms. The van der Waals surface area contributed by atoms with Crippen LogP contribution in [0.1, 0.15) is 17.0 Å². The summed E-state index contributed by atoms with van der Waals surface area (Å²) in [5.41, 5.74) is 9.37. The summed E-state index contributed by atoms with van der Waals surface area (Å²) in [7, 11) is 0. The van der Waals surface area contributed by atoms with Gasteiger partial charge in [-0.2, -0.15) is 5.10 Å². The first-order valence-corrected chi connectivity index (χ1v) is 6.05. The zero-order valence-corrected chi connectivity index (χ0v) is 11.5. The molecule has 5 heteroatoms. The number of anilines is 1. The highest BCUT2D eigenvalue weighted by Gasteiger charge is 2.09. The Hall–Kier alpha value is -1.68. The predicted molar refractivity (Wildman–Crippen MR) is 72.9 cm³/mol. The van der Waals surface area contributed by atoms with E-state index in [4.69, 9.17) is 22.1 Å². The van der Waals surface area contributed by atoms with Gasteiger partial charge in [-0.3, -0.25) is 0 Å². The highest BCUT2D eigenvalue weighted by atomic mass is 35.5. The number of hydrogen-bond donors (Lipinski definition) is 1. The van der Waals surface area contributed by atoms with Crippen molar-refractivity contribution in [3.63, 3.8) is 0 Å². The fraction of sp³-hybridized carbons (Fsp3) is 0.308. The average molecular weight is 266 g/mol. The third kappa shape index (κ3) is 2.43. The van der Waals surface area contributed by atoms with Gasteiger partial charge in [-0.1, -0.05) is 17.7 Å². The zero-order valence-electron chi connectivity index (χ0n) is 10.7. The minimum Gasteiger partial charge on any atom is -0.470 e. The van der Waals surface area contributed by atoms with Gasteiger partial charge in [0.2, 0.25) is 0 Å². The fourth-order valence-corrected chi connectivity index (χ4v) is 1.86. The molecule has 0 aliphatic heterocycles. The third-order valence-corrected chi connectivity index (χ3v) is 3.18. The number of benzene rings is 1. The molecular formula is C13H16ClN3O. The molecule has 0 bridgehead atoms. The number of rotatable bonds is 3. The molecule has 4 nitrogen and oxygen atoms in total. The van der Waals surface area contributed by atoms with Crippen LogP contribution in [0.15, 0.2) is 18.2 Å². The monoisotopic (exact) mass is 265 g/mol. The quantitative estimate of drug-likeness (QED) is 0.928. The van der Waals surface area contributed by atoms with Crippen LogP contribution in [0.2, 0.25) is 5.02 Å².